The summed E-state index contributed by atoms with van der Waals surface area (Å²) in [4.78, 5) is 11.4. The summed E-state index contributed by atoms with van der Waals surface area (Å²) in [5.74, 6) is -3.69. The molecule has 0 heterocycles. The van der Waals surface area contributed by atoms with Crippen LogP contribution in [0.2, 0.25) is 5.02 Å². The molecule has 1 aromatic carbocycles. The molecule has 0 saturated carbocycles. The second-order valence-corrected chi connectivity index (χ2v) is 3.69. The molecule has 3 nitrogen and oxygen atoms in total. The standard InChI is InChI=1S/C10H11ClF2N2O/c11-8-3-1-2-7(4-8)9(16)15-6-10(12,13)5-14/h1-4H,5-6,14H2,(H,15,16). The van der Waals surface area contributed by atoms with Crippen LogP contribution in [-0.2, 0) is 0 Å². The molecular formula is C10H11ClF2N2O. The Hall–Kier alpha value is -1.20. The number of carbonyl (C=O) groups is 1. The van der Waals surface area contributed by atoms with E-state index in [0.717, 1.165) is 0 Å². The van der Waals surface area contributed by atoms with Gasteiger partial charge in [-0.2, -0.15) is 0 Å². The highest BCUT2D eigenvalue weighted by atomic mass is 35.5. The number of nitrogens with one attached hydrogen (secondary N) is 1. The minimum Gasteiger partial charge on any atom is -0.346 e. The molecule has 0 aliphatic rings. The molecule has 0 radical (unpaired) electrons. The van der Waals surface area contributed by atoms with Crippen molar-refractivity contribution in [3.05, 3.63) is 34.9 Å². The van der Waals surface area contributed by atoms with Crippen molar-refractivity contribution < 1.29 is 13.6 Å². The van der Waals surface area contributed by atoms with Crippen molar-refractivity contribution in [3.63, 3.8) is 0 Å². The average Bonchev–Trinajstić information content (AvgIpc) is 2.26. The van der Waals surface area contributed by atoms with Crippen LogP contribution in [0, 0.1) is 0 Å². The number of hydrogen-bond donors (Lipinski definition) is 2. The Morgan fingerprint density at radius 1 is 1.50 bits per heavy atom. The first-order valence-corrected chi connectivity index (χ1v) is 4.94. The van der Waals surface area contributed by atoms with Crippen molar-refractivity contribution in [1.82, 2.24) is 5.32 Å². The topological polar surface area (TPSA) is 55.1 Å². The summed E-state index contributed by atoms with van der Waals surface area (Å²) in [5, 5.41) is 2.46. The predicted octanol–water partition coefficient (Wildman–Crippen LogP) is 1.66. The molecule has 0 fully saturated rings. The molecular weight excluding hydrogens is 238 g/mol. The number of carbonyl (C=O) groups excluding carboxylic acids is 1. The maximum Gasteiger partial charge on any atom is 0.277 e. The first-order valence-electron chi connectivity index (χ1n) is 4.56. The Morgan fingerprint density at radius 3 is 2.75 bits per heavy atom. The molecule has 16 heavy (non-hydrogen) atoms. The number of nitrogens with two attached hydrogens (primary N) is 1. The maximum absolute atomic E-state index is 12.7. The third-order valence-electron chi connectivity index (χ3n) is 1.89. The van der Waals surface area contributed by atoms with Crippen LogP contribution in [0.1, 0.15) is 10.4 Å². The zero-order valence-electron chi connectivity index (χ0n) is 8.34. The number of benzene rings is 1. The van der Waals surface area contributed by atoms with Gasteiger partial charge in [-0.05, 0) is 18.2 Å². The van der Waals surface area contributed by atoms with Gasteiger partial charge in [0, 0.05) is 10.6 Å². The first kappa shape index (κ1) is 12.9. The van der Waals surface area contributed by atoms with Crippen LogP contribution in [0.4, 0.5) is 8.78 Å². The number of amides is 1. The van der Waals surface area contributed by atoms with Crippen LogP contribution in [0.3, 0.4) is 0 Å². The van der Waals surface area contributed by atoms with Gasteiger partial charge < -0.3 is 11.1 Å². The summed E-state index contributed by atoms with van der Waals surface area (Å²) >= 11 is 5.66. The Bertz CT molecular complexity index is 385. The zero-order valence-corrected chi connectivity index (χ0v) is 9.10. The van der Waals surface area contributed by atoms with Gasteiger partial charge in [0.1, 0.15) is 0 Å². The van der Waals surface area contributed by atoms with E-state index >= 15 is 0 Å². The van der Waals surface area contributed by atoms with E-state index in [-0.39, 0.29) is 5.56 Å². The van der Waals surface area contributed by atoms with Crippen molar-refractivity contribution in [2.75, 3.05) is 13.1 Å². The average molecular weight is 249 g/mol. The summed E-state index contributed by atoms with van der Waals surface area (Å²) in [6.07, 6.45) is 0. The van der Waals surface area contributed by atoms with E-state index in [1.807, 2.05) is 0 Å². The smallest absolute Gasteiger partial charge is 0.277 e. The predicted molar refractivity (Wildman–Crippen MR) is 57.8 cm³/mol. The molecule has 0 aromatic heterocycles. The number of halogens is 3. The molecule has 1 aromatic rings. The quantitative estimate of drug-likeness (QED) is 0.852. The van der Waals surface area contributed by atoms with Crippen molar-refractivity contribution in [1.29, 1.82) is 0 Å². The van der Waals surface area contributed by atoms with Gasteiger partial charge in [-0.15, -0.1) is 0 Å². The number of alkyl halides is 2. The van der Waals surface area contributed by atoms with Gasteiger partial charge in [0.2, 0.25) is 0 Å². The fraction of sp³-hybridized carbons (Fsp3) is 0.300. The van der Waals surface area contributed by atoms with Crippen molar-refractivity contribution in [2.24, 2.45) is 5.73 Å². The molecule has 0 aliphatic carbocycles. The number of rotatable bonds is 4. The van der Waals surface area contributed by atoms with Gasteiger partial charge in [0.15, 0.2) is 0 Å². The Balaban J connectivity index is 2.60. The Labute approximate surface area is 96.6 Å². The molecule has 0 saturated heterocycles. The minimum absolute atomic E-state index is 0.236. The molecule has 88 valence electrons. The fourth-order valence-electron chi connectivity index (χ4n) is 1.01. The maximum atomic E-state index is 12.7. The van der Waals surface area contributed by atoms with Gasteiger partial charge in [-0.3, -0.25) is 4.79 Å². The van der Waals surface area contributed by atoms with Crippen LogP contribution in [-0.4, -0.2) is 24.9 Å². The normalized spacial score (nSPS) is 11.2. The lowest BCUT2D eigenvalue weighted by atomic mass is 10.2. The summed E-state index contributed by atoms with van der Waals surface area (Å²) in [5.41, 5.74) is 5.07. The molecule has 1 amide bonds. The lowest BCUT2D eigenvalue weighted by Gasteiger charge is -2.14. The lowest BCUT2D eigenvalue weighted by Crippen LogP contribution is -2.41. The third-order valence-corrected chi connectivity index (χ3v) is 2.13. The SMILES string of the molecule is NCC(F)(F)CNC(=O)c1cccc(Cl)c1. The van der Waals surface area contributed by atoms with Crippen LogP contribution < -0.4 is 11.1 Å². The Kier molecular flexibility index (Phi) is 4.20. The van der Waals surface area contributed by atoms with Crippen molar-refractivity contribution in [3.8, 4) is 0 Å². The summed E-state index contributed by atoms with van der Waals surface area (Å²) in [6.45, 7) is -1.59. The lowest BCUT2D eigenvalue weighted by molar-refractivity contribution is 0.0118. The molecule has 1 rings (SSSR count). The highest BCUT2D eigenvalue weighted by Gasteiger charge is 2.27. The van der Waals surface area contributed by atoms with Gasteiger partial charge in [0.25, 0.3) is 11.8 Å². The molecule has 6 heteroatoms. The van der Waals surface area contributed by atoms with Crippen LogP contribution in [0.5, 0.6) is 0 Å². The van der Waals surface area contributed by atoms with Gasteiger partial charge >= 0.3 is 0 Å². The molecule has 0 unspecified atom stereocenters. The second-order valence-electron chi connectivity index (χ2n) is 3.25. The van der Waals surface area contributed by atoms with Gasteiger partial charge in [-0.25, -0.2) is 8.78 Å². The van der Waals surface area contributed by atoms with E-state index in [1.165, 1.54) is 12.1 Å². The molecule has 0 aliphatic heterocycles. The van der Waals surface area contributed by atoms with Crippen molar-refractivity contribution in [2.45, 2.75) is 5.92 Å². The Morgan fingerprint density at radius 2 is 2.19 bits per heavy atom. The highest BCUT2D eigenvalue weighted by Crippen LogP contribution is 2.12. The van der Waals surface area contributed by atoms with E-state index < -0.39 is 24.9 Å². The largest absolute Gasteiger partial charge is 0.346 e. The van der Waals surface area contributed by atoms with E-state index in [4.69, 9.17) is 17.3 Å². The summed E-state index contributed by atoms with van der Waals surface area (Å²) in [7, 11) is 0. The van der Waals surface area contributed by atoms with E-state index in [0.29, 0.717) is 5.02 Å². The summed E-state index contributed by atoms with van der Waals surface area (Å²) < 4.78 is 25.5. The molecule has 0 bridgehead atoms. The van der Waals surface area contributed by atoms with E-state index in [1.54, 1.807) is 12.1 Å². The van der Waals surface area contributed by atoms with Crippen LogP contribution in [0.15, 0.2) is 24.3 Å². The first-order chi connectivity index (χ1) is 7.44. The minimum atomic E-state index is -3.09. The highest BCUT2D eigenvalue weighted by molar-refractivity contribution is 6.30. The van der Waals surface area contributed by atoms with E-state index in [2.05, 4.69) is 5.32 Å². The van der Waals surface area contributed by atoms with E-state index in [9.17, 15) is 13.6 Å². The molecule has 0 atom stereocenters. The fourth-order valence-corrected chi connectivity index (χ4v) is 1.20. The van der Waals surface area contributed by atoms with Crippen molar-refractivity contribution >= 4 is 17.5 Å². The molecule has 0 spiro atoms. The van der Waals surface area contributed by atoms with Gasteiger partial charge in [-0.1, -0.05) is 17.7 Å². The molecule has 3 N–H and O–H groups in total. The number of hydrogen-bond acceptors (Lipinski definition) is 2. The van der Waals surface area contributed by atoms with Gasteiger partial charge in [0.05, 0.1) is 13.1 Å². The monoisotopic (exact) mass is 248 g/mol. The zero-order chi connectivity index (χ0) is 12.2. The second kappa shape index (κ2) is 5.23. The third kappa shape index (κ3) is 3.75. The van der Waals surface area contributed by atoms with Crippen LogP contribution in [0.25, 0.3) is 0 Å². The summed E-state index contributed by atoms with van der Waals surface area (Å²) in [6, 6.07) is 6.05. The van der Waals surface area contributed by atoms with Crippen LogP contribution >= 0.6 is 11.6 Å².